The smallest absolute Gasteiger partial charge is 0.0893 e. The molecule has 0 spiro atoms. The molecule has 1 aliphatic carbocycles. The molecule has 0 bridgehead atoms. The number of hydrogen-bond acceptors (Lipinski definition) is 2. The summed E-state index contributed by atoms with van der Waals surface area (Å²) in [5, 5.41) is 5.12. The molecular formula is C49H34N4. The Morgan fingerprint density at radius 3 is 1.83 bits per heavy atom. The molecule has 0 aliphatic heterocycles. The molecule has 1 aliphatic rings. The topological polar surface area (TPSA) is 35.6 Å². The summed E-state index contributed by atoms with van der Waals surface area (Å²) in [6.07, 6.45) is 1.81. The maximum Gasteiger partial charge on any atom is 0.0893 e. The molecule has 6 aromatic carbocycles. The van der Waals surface area contributed by atoms with Crippen LogP contribution in [0.5, 0.6) is 0 Å². The molecule has 0 radical (unpaired) electrons. The summed E-state index contributed by atoms with van der Waals surface area (Å²) in [5.74, 6) is 0. The number of benzene rings is 6. The van der Waals surface area contributed by atoms with Crippen LogP contribution in [0.4, 0.5) is 0 Å². The predicted octanol–water partition coefficient (Wildman–Crippen LogP) is 12.3. The standard InChI is InChI=1S/C49H34N4/c1-49(2)37-20-9-6-17-34(37)43-46(49)44-35-18-7-10-24-41(35)53(33-28-26-31(27-29-33)38-22-14-23-40(51-38)39-21-12-13-30-50-39)48(44)45-36-19-8-11-25-42(36)52(47(43)45)32-15-4-3-5-16-32/h3-30H,1-2H3. The van der Waals surface area contributed by atoms with Crippen molar-refractivity contribution in [1.29, 1.82) is 0 Å². The van der Waals surface area contributed by atoms with Crippen LogP contribution in [-0.2, 0) is 5.41 Å². The molecule has 0 amide bonds. The molecule has 250 valence electrons. The minimum atomic E-state index is -0.223. The highest BCUT2D eigenvalue weighted by Crippen LogP contribution is 2.58. The van der Waals surface area contributed by atoms with E-state index in [4.69, 9.17) is 4.98 Å². The van der Waals surface area contributed by atoms with Crippen molar-refractivity contribution >= 4 is 43.6 Å². The molecule has 0 saturated heterocycles. The summed E-state index contributed by atoms with van der Waals surface area (Å²) in [6, 6.07) is 58.8. The Morgan fingerprint density at radius 2 is 1.08 bits per heavy atom. The SMILES string of the molecule is CC1(C)c2ccccc2-c2c1c1c3ccccc3n(-c3ccc(-c4cccc(-c5ccccn5)n4)cc3)c1c1c3ccccc3n(-c3ccccc3)c21. The quantitative estimate of drug-likeness (QED) is 0.186. The van der Waals surface area contributed by atoms with Crippen molar-refractivity contribution in [3.05, 3.63) is 181 Å². The van der Waals surface area contributed by atoms with E-state index in [1.54, 1.807) is 0 Å². The average molecular weight is 679 g/mol. The van der Waals surface area contributed by atoms with Gasteiger partial charge < -0.3 is 9.13 Å². The fourth-order valence-electron chi connectivity index (χ4n) is 9.10. The molecule has 0 saturated carbocycles. The molecule has 0 fully saturated rings. The molecule has 4 nitrogen and oxygen atoms in total. The van der Waals surface area contributed by atoms with Crippen LogP contribution < -0.4 is 0 Å². The Morgan fingerprint density at radius 1 is 0.472 bits per heavy atom. The first-order valence-electron chi connectivity index (χ1n) is 18.3. The van der Waals surface area contributed by atoms with E-state index in [1.807, 2.05) is 30.5 Å². The number of para-hydroxylation sites is 3. The highest BCUT2D eigenvalue weighted by molar-refractivity contribution is 6.31. The highest BCUT2D eigenvalue weighted by Gasteiger charge is 2.41. The lowest BCUT2D eigenvalue weighted by molar-refractivity contribution is 0.667. The number of pyridine rings is 2. The molecule has 4 aromatic heterocycles. The van der Waals surface area contributed by atoms with Crippen molar-refractivity contribution in [2.24, 2.45) is 0 Å². The van der Waals surface area contributed by atoms with E-state index in [0.29, 0.717) is 0 Å². The van der Waals surface area contributed by atoms with E-state index in [2.05, 4.69) is 167 Å². The minimum Gasteiger partial charge on any atom is -0.309 e. The molecule has 4 heteroatoms. The maximum atomic E-state index is 5.02. The van der Waals surface area contributed by atoms with Crippen LogP contribution in [0.3, 0.4) is 0 Å². The number of hydrogen-bond donors (Lipinski definition) is 0. The lowest BCUT2D eigenvalue weighted by Crippen LogP contribution is -2.15. The van der Waals surface area contributed by atoms with Gasteiger partial charge in [0.2, 0.25) is 0 Å². The monoisotopic (exact) mass is 678 g/mol. The van der Waals surface area contributed by atoms with Crippen molar-refractivity contribution < 1.29 is 0 Å². The van der Waals surface area contributed by atoms with Gasteiger partial charge in [0.05, 0.1) is 39.1 Å². The van der Waals surface area contributed by atoms with E-state index in [1.165, 1.54) is 65.9 Å². The van der Waals surface area contributed by atoms with Gasteiger partial charge >= 0.3 is 0 Å². The molecular weight excluding hydrogens is 645 g/mol. The van der Waals surface area contributed by atoms with Gasteiger partial charge in [-0.3, -0.25) is 4.98 Å². The third kappa shape index (κ3) is 4.18. The second-order valence-corrected chi connectivity index (χ2v) is 14.6. The Bertz CT molecular complexity index is 3060. The van der Waals surface area contributed by atoms with Crippen molar-refractivity contribution in [3.8, 4) is 45.1 Å². The zero-order chi connectivity index (χ0) is 35.3. The highest BCUT2D eigenvalue weighted by atomic mass is 15.0. The van der Waals surface area contributed by atoms with Crippen LogP contribution in [0, 0.1) is 0 Å². The van der Waals surface area contributed by atoms with Crippen LogP contribution in [-0.4, -0.2) is 19.1 Å². The fraction of sp³-hybridized carbons (Fsp3) is 0.0612. The lowest BCUT2D eigenvalue weighted by Gasteiger charge is -2.23. The van der Waals surface area contributed by atoms with Crippen LogP contribution in [0.1, 0.15) is 25.0 Å². The summed E-state index contributed by atoms with van der Waals surface area (Å²) in [4.78, 5) is 9.55. The number of fused-ring (bicyclic) bond motifs is 12. The van der Waals surface area contributed by atoms with E-state index in [0.717, 1.165) is 34.0 Å². The van der Waals surface area contributed by atoms with Gasteiger partial charge in [0.25, 0.3) is 0 Å². The molecule has 11 rings (SSSR count). The fourth-order valence-corrected chi connectivity index (χ4v) is 9.10. The zero-order valence-electron chi connectivity index (χ0n) is 29.5. The number of nitrogens with zero attached hydrogens (tertiary/aromatic N) is 4. The second-order valence-electron chi connectivity index (χ2n) is 14.6. The summed E-state index contributed by atoms with van der Waals surface area (Å²) in [5.41, 5.74) is 16.1. The molecule has 53 heavy (non-hydrogen) atoms. The molecule has 4 heterocycles. The Kier molecular flexibility index (Phi) is 6.27. The summed E-state index contributed by atoms with van der Waals surface area (Å²) < 4.78 is 5.02. The third-order valence-corrected chi connectivity index (χ3v) is 11.3. The first kappa shape index (κ1) is 29.9. The number of rotatable bonds is 4. The van der Waals surface area contributed by atoms with Gasteiger partial charge in [-0.05, 0) is 77.4 Å². The van der Waals surface area contributed by atoms with Gasteiger partial charge in [0.15, 0.2) is 0 Å². The van der Waals surface area contributed by atoms with Crippen LogP contribution in [0.15, 0.2) is 170 Å². The molecule has 0 unspecified atom stereocenters. The van der Waals surface area contributed by atoms with Gasteiger partial charge in [0, 0.05) is 55.7 Å². The average Bonchev–Trinajstić information content (AvgIpc) is 3.82. The van der Waals surface area contributed by atoms with E-state index >= 15 is 0 Å². The Balaban J connectivity index is 1.27. The maximum absolute atomic E-state index is 5.02. The summed E-state index contributed by atoms with van der Waals surface area (Å²) >= 11 is 0. The van der Waals surface area contributed by atoms with Crippen LogP contribution in [0.2, 0.25) is 0 Å². The van der Waals surface area contributed by atoms with Crippen molar-refractivity contribution in [2.75, 3.05) is 0 Å². The predicted molar refractivity (Wildman–Crippen MR) is 219 cm³/mol. The van der Waals surface area contributed by atoms with Gasteiger partial charge in [-0.1, -0.05) is 117 Å². The normalized spacial score (nSPS) is 13.2. The molecule has 10 aromatic rings. The first-order chi connectivity index (χ1) is 26.1. The summed E-state index contributed by atoms with van der Waals surface area (Å²) in [6.45, 7) is 4.82. The Hall–Kier alpha value is -6.78. The van der Waals surface area contributed by atoms with Crippen LogP contribution in [0.25, 0.3) is 88.8 Å². The van der Waals surface area contributed by atoms with Crippen molar-refractivity contribution in [3.63, 3.8) is 0 Å². The van der Waals surface area contributed by atoms with E-state index < -0.39 is 0 Å². The minimum absolute atomic E-state index is 0.223. The largest absolute Gasteiger partial charge is 0.309 e. The van der Waals surface area contributed by atoms with E-state index in [9.17, 15) is 0 Å². The molecule has 0 atom stereocenters. The number of aromatic nitrogens is 4. The van der Waals surface area contributed by atoms with Crippen molar-refractivity contribution in [1.82, 2.24) is 19.1 Å². The lowest BCUT2D eigenvalue weighted by atomic mass is 9.80. The first-order valence-corrected chi connectivity index (χ1v) is 18.3. The van der Waals surface area contributed by atoms with Crippen molar-refractivity contribution in [2.45, 2.75) is 19.3 Å². The van der Waals surface area contributed by atoms with Gasteiger partial charge in [-0.15, -0.1) is 0 Å². The second kappa shape index (κ2) is 11.1. The van der Waals surface area contributed by atoms with Gasteiger partial charge in [-0.25, -0.2) is 4.98 Å². The Labute approximate surface area is 307 Å². The van der Waals surface area contributed by atoms with Gasteiger partial charge in [-0.2, -0.15) is 0 Å². The van der Waals surface area contributed by atoms with Crippen LogP contribution >= 0.6 is 0 Å². The third-order valence-electron chi connectivity index (χ3n) is 11.3. The summed E-state index contributed by atoms with van der Waals surface area (Å²) in [7, 11) is 0. The zero-order valence-corrected chi connectivity index (χ0v) is 29.5. The van der Waals surface area contributed by atoms with E-state index in [-0.39, 0.29) is 5.41 Å². The van der Waals surface area contributed by atoms with Gasteiger partial charge in [0.1, 0.15) is 0 Å². The molecule has 0 N–H and O–H groups in total.